The van der Waals surface area contributed by atoms with Gasteiger partial charge in [0.15, 0.2) is 0 Å². The maximum absolute atomic E-state index is 9.50. The van der Waals surface area contributed by atoms with Gasteiger partial charge in [-0.1, -0.05) is 13.8 Å². The number of nitrogens with one attached hydrogen (secondary N) is 1. The molecule has 0 radical (unpaired) electrons. The SMILES string of the molecule is CCC(CC)(CO)CNc1nc(C)cnc1C. The summed E-state index contributed by atoms with van der Waals surface area (Å²) >= 11 is 0. The third-order valence-corrected chi connectivity index (χ3v) is 3.54. The van der Waals surface area contributed by atoms with Crippen molar-refractivity contribution in [2.75, 3.05) is 18.5 Å². The minimum atomic E-state index is -0.0577. The van der Waals surface area contributed by atoms with Crippen LogP contribution in [0.25, 0.3) is 0 Å². The number of aliphatic hydroxyl groups is 1. The van der Waals surface area contributed by atoms with Gasteiger partial charge in [0.25, 0.3) is 0 Å². The average Bonchev–Trinajstić information content (AvgIpc) is 2.35. The van der Waals surface area contributed by atoms with Gasteiger partial charge < -0.3 is 10.4 Å². The lowest BCUT2D eigenvalue weighted by atomic mass is 9.83. The van der Waals surface area contributed by atoms with Crippen molar-refractivity contribution in [3.8, 4) is 0 Å². The van der Waals surface area contributed by atoms with E-state index in [1.807, 2.05) is 13.8 Å². The average molecular weight is 237 g/mol. The Balaban J connectivity index is 2.75. The van der Waals surface area contributed by atoms with E-state index in [-0.39, 0.29) is 12.0 Å². The summed E-state index contributed by atoms with van der Waals surface area (Å²) in [7, 11) is 0. The number of nitrogens with zero attached hydrogens (tertiary/aromatic N) is 2. The number of hydrogen-bond donors (Lipinski definition) is 2. The van der Waals surface area contributed by atoms with Gasteiger partial charge in [-0.15, -0.1) is 0 Å². The van der Waals surface area contributed by atoms with Crippen LogP contribution in [0.3, 0.4) is 0 Å². The maximum atomic E-state index is 9.50. The van der Waals surface area contributed by atoms with Crippen LogP contribution in [0, 0.1) is 19.3 Å². The second-order valence-electron chi connectivity index (χ2n) is 4.66. The Morgan fingerprint density at radius 2 is 1.94 bits per heavy atom. The summed E-state index contributed by atoms with van der Waals surface area (Å²) in [5.74, 6) is 0.824. The highest BCUT2D eigenvalue weighted by Gasteiger charge is 2.25. The number of aryl methyl sites for hydroxylation is 2. The Labute approximate surface area is 103 Å². The molecule has 0 aliphatic carbocycles. The highest BCUT2D eigenvalue weighted by molar-refractivity contribution is 5.39. The van der Waals surface area contributed by atoms with Crippen molar-refractivity contribution in [2.45, 2.75) is 40.5 Å². The summed E-state index contributed by atoms with van der Waals surface area (Å²) < 4.78 is 0. The molecule has 1 heterocycles. The predicted molar refractivity (Wildman–Crippen MR) is 70.1 cm³/mol. The van der Waals surface area contributed by atoms with Crippen LogP contribution in [0.15, 0.2) is 6.20 Å². The van der Waals surface area contributed by atoms with Crippen LogP contribution in [0.5, 0.6) is 0 Å². The van der Waals surface area contributed by atoms with Gasteiger partial charge in [-0.05, 0) is 26.7 Å². The van der Waals surface area contributed by atoms with Crippen molar-refractivity contribution >= 4 is 5.82 Å². The zero-order chi connectivity index (χ0) is 12.9. The number of anilines is 1. The first-order valence-corrected chi connectivity index (χ1v) is 6.22. The molecule has 1 aromatic rings. The van der Waals surface area contributed by atoms with Crippen LogP contribution in [0.1, 0.15) is 38.1 Å². The van der Waals surface area contributed by atoms with Crippen LogP contribution in [0.4, 0.5) is 5.82 Å². The number of hydrogen-bond acceptors (Lipinski definition) is 4. The molecule has 0 aromatic carbocycles. The predicted octanol–water partition coefficient (Wildman–Crippen LogP) is 2.30. The first-order valence-electron chi connectivity index (χ1n) is 6.22. The van der Waals surface area contributed by atoms with Crippen molar-refractivity contribution < 1.29 is 5.11 Å². The molecular formula is C13H23N3O. The first-order chi connectivity index (χ1) is 8.06. The molecule has 0 aliphatic heterocycles. The van der Waals surface area contributed by atoms with E-state index in [2.05, 4.69) is 29.1 Å². The highest BCUT2D eigenvalue weighted by atomic mass is 16.3. The Morgan fingerprint density at radius 3 is 2.47 bits per heavy atom. The van der Waals surface area contributed by atoms with Crippen LogP contribution in [-0.4, -0.2) is 28.2 Å². The fourth-order valence-corrected chi connectivity index (χ4v) is 1.76. The second-order valence-corrected chi connectivity index (χ2v) is 4.66. The van der Waals surface area contributed by atoms with Gasteiger partial charge in [0.05, 0.1) is 18.0 Å². The number of aromatic nitrogens is 2. The molecule has 1 aromatic heterocycles. The third kappa shape index (κ3) is 3.40. The summed E-state index contributed by atoms with van der Waals surface area (Å²) in [6.07, 6.45) is 3.66. The van der Waals surface area contributed by atoms with Crippen molar-refractivity contribution in [2.24, 2.45) is 5.41 Å². The van der Waals surface area contributed by atoms with Crippen molar-refractivity contribution in [1.82, 2.24) is 9.97 Å². The Kier molecular flexibility index (Phi) is 4.87. The third-order valence-electron chi connectivity index (χ3n) is 3.54. The highest BCUT2D eigenvalue weighted by Crippen LogP contribution is 2.26. The van der Waals surface area contributed by atoms with E-state index in [1.54, 1.807) is 6.20 Å². The Bertz CT molecular complexity index is 353. The summed E-state index contributed by atoms with van der Waals surface area (Å²) in [5, 5.41) is 12.8. The lowest BCUT2D eigenvalue weighted by Crippen LogP contribution is -2.32. The fraction of sp³-hybridized carbons (Fsp3) is 0.692. The van der Waals surface area contributed by atoms with E-state index in [9.17, 15) is 5.11 Å². The van der Waals surface area contributed by atoms with Gasteiger partial charge in [-0.25, -0.2) is 4.98 Å². The van der Waals surface area contributed by atoms with Crippen LogP contribution in [0.2, 0.25) is 0 Å². The van der Waals surface area contributed by atoms with Gasteiger partial charge in [0, 0.05) is 18.2 Å². The molecule has 17 heavy (non-hydrogen) atoms. The monoisotopic (exact) mass is 237 g/mol. The van der Waals surface area contributed by atoms with Crippen LogP contribution in [-0.2, 0) is 0 Å². The molecule has 4 heteroatoms. The van der Waals surface area contributed by atoms with Crippen molar-refractivity contribution in [3.05, 3.63) is 17.6 Å². The normalized spacial score (nSPS) is 11.6. The van der Waals surface area contributed by atoms with Crippen LogP contribution >= 0.6 is 0 Å². The molecule has 0 saturated heterocycles. The maximum Gasteiger partial charge on any atom is 0.147 e. The Hall–Kier alpha value is -1.16. The van der Waals surface area contributed by atoms with E-state index in [4.69, 9.17) is 0 Å². The van der Waals surface area contributed by atoms with Gasteiger partial charge in [-0.3, -0.25) is 4.98 Å². The number of rotatable bonds is 6. The lowest BCUT2D eigenvalue weighted by molar-refractivity contribution is 0.127. The minimum absolute atomic E-state index is 0.0577. The summed E-state index contributed by atoms with van der Waals surface area (Å²) in [4.78, 5) is 8.69. The molecule has 0 bridgehead atoms. The van der Waals surface area contributed by atoms with E-state index < -0.39 is 0 Å². The fourth-order valence-electron chi connectivity index (χ4n) is 1.76. The van der Waals surface area contributed by atoms with Gasteiger partial charge in [-0.2, -0.15) is 0 Å². The molecule has 0 unspecified atom stereocenters. The topological polar surface area (TPSA) is 58.0 Å². The summed E-state index contributed by atoms with van der Waals surface area (Å²) in [6, 6.07) is 0. The zero-order valence-corrected chi connectivity index (χ0v) is 11.2. The van der Waals surface area contributed by atoms with E-state index in [0.717, 1.165) is 36.6 Å². The molecule has 0 fully saturated rings. The molecule has 2 N–H and O–H groups in total. The molecular weight excluding hydrogens is 214 g/mol. The van der Waals surface area contributed by atoms with E-state index in [0.29, 0.717) is 0 Å². The molecule has 0 atom stereocenters. The zero-order valence-electron chi connectivity index (χ0n) is 11.2. The lowest BCUT2D eigenvalue weighted by Gasteiger charge is -2.29. The molecule has 4 nitrogen and oxygen atoms in total. The molecule has 0 saturated carbocycles. The molecule has 96 valence electrons. The van der Waals surface area contributed by atoms with E-state index >= 15 is 0 Å². The van der Waals surface area contributed by atoms with Gasteiger partial charge in [0.2, 0.25) is 0 Å². The van der Waals surface area contributed by atoms with Crippen molar-refractivity contribution in [1.29, 1.82) is 0 Å². The van der Waals surface area contributed by atoms with Gasteiger partial charge >= 0.3 is 0 Å². The first kappa shape index (κ1) is 13.9. The molecule has 0 spiro atoms. The minimum Gasteiger partial charge on any atom is -0.396 e. The molecule has 0 aliphatic rings. The van der Waals surface area contributed by atoms with Crippen LogP contribution < -0.4 is 5.32 Å². The standard InChI is InChI=1S/C13H23N3O/c1-5-13(6-2,9-17)8-15-12-11(4)14-7-10(3)16-12/h7,17H,5-6,8-9H2,1-4H3,(H,15,16). The van der Waals surface area contributed by atoms with Gasteiger partial charge in [0.1, 0.15) is 5.82 Å². The van der Waals surface area contributed by atoms with Crippen molar-refractivity contribution in [3.63, 3.8) is 0 Å². The summed E-state index contributed by atoms with van der Waals surface area (Å²) in [6.45, 7) is 9.01. The smallest absolute Gasteiger partial charge is 0.147 e. The number of aliphatic hydroxyl groups excluding tert-OH is 1. The Morgan fingerprint density at radius 1 is 1.29 bits per heavy atom. The van der Waals surface area contributed by atoms with E-state index in [1.165, 1.54) is 0 Å². The molecule has 0 amide bonds. The summed E-state index contributed by atoms with van der Waals surface area (Å²) in [5.41, 5.74) is 1.74. The molecule has 1 rings (SSSR count). The quantitative estimate of drug-likeness (QED) is 0.797. The second kappa shape index (κ2) is 5.96. The largest absolute Gasteiger partial charge is 0.396 e.